The first-order chi connectivity index (χ1) is 9.71. The Morgan fingerprint density at radius 3 is 2.52 bits per heavy atom. The number of hydrogen-bond acceptors (Lipinski definition) is 3. The monoisotopic (exact) mass is 292 g/mol. The van der Waals surface area contributed by atoms with E-state index < -0.39 is 5.60 Å². The molecular weight excluding hydrogens is 264 g/mol. The van der Waals surface area contributed by atoms with Gasteiger partial charge in [-0.15, -0.1) is 0 Å². The zero-order valence-electron chi connectivity index (χ0n) is 13.6. The summed E-state index contributed by atoms with van der Waals surface area (Å²) in [6.45, 7) is 8.01. The van der Waals surface area contributed by atoms with Gasteiger partial charge in [0.25, 0.3) is 0 Å². The Labute approximate surface area is 127 Å². The van der Waals surface area contributed by atoms with Crippen LogP contribution in [0.25, 0.3) is 0 Å². The highest BCUT2D eigenvalue weighted by Gasteiger charge is 2.69. The molecule has 4 rings (SSSR count). The number of carbonyl (C=O) groups excluding carboxylic acids is 1. The minimum atomic E-state index is -0.397. The lowest BCUT2D eigenvalue weighted by Crippen LogP contribution is -2.47. The number of esters is 1. The molecule has 4 fully saturated rings. The molecule has 0 aliphatic heterocycles. The lowest BCUT2D eigenvalue weighted by molar-refractivity contribution is -0.173. The number of aliphatic hydroxyl groups is 1. The molecule has 0 amide bonds. The highest BCUT2D eigenvalue weighted by atomic mass is 16.6. The topological polar surface area (TPSA) is 46.5 Å². The molecule has 1 N–H and O–H groups in total. The standard InChI is InChI=1S/C18H28O3/c1-17(2,3)21-16(20)18(4)8-10-6-12(18)15-9-5-11(14(10)15)13(19)7-9/h9-15,19H,5-8H2,1-4H3/t9-,10+,11+,12+,13+,14-,15-,18-/m1/s1. The van der Waals surface area contributed by atoms with Gasteiger partial charge in [-0.25, -0.2) is 0 Å². The molecule has 8 atom stereocenters. The van der Waals surface area contributed by atoms with Crippen LogP contribution in [0.15, 0.2) is 0 Å². The van der Waals surface area contributed by atoms with Crippen molar-refractivity contribution in [2.24, 2.45) is 40.9 Å². The summed E-state index contributed by atoms with van der Waals surface area (Å²) >= 11 is 0. The van der Waals surface area contributed by atoms with Crippen LogP contribution in [0.2, 0.25) is 0 Å². The summed E-state index contributed by atoms with van der Waals surface area (Å²) in [4.78, 5) is 12.8. The first-order valence-electron chi connectivity index (χ1n) is 8.62. The minimum Gasteiger partial charge on any atom is -0.460 e. The predicted octanol–water partition coefficient (Wildman–Crippen LogP) is 3.01. The van der Waals surface area contributed by atoms with Gasteiger partial charge in [-0.05, 0) is 88.9 Å². The Morgan fingerprint density at radius 2 is 1.86 bits per heavy atom. The van der Waals surface area contributed by atoms with Crippen molar-refractivity contribution in [3.05, 3.63) is 0 Å². The fraction of sp³-hybridized carbons (Fsp3) is 0.944. The van der Waals surface area contributed by atoms with Crippen molar-refractivity contribution >= 4 is 5.97 Å². The van der Waals surface area contributed by atoms with Gasteiger partial charge < -0.3 is 9.84 Å². The highest BCUT2D eigenvalue weighted by Crippen LogP contribution is 2.72. The van der Waals surface area contributed by atoms with Crippen molar-refractivity contribution in [2.45, 2.75) is 65.1 Å². The molecule has 4 saturated carbocycles. The van der Waals surface area contributed by atoms with Crippen LogP contribution in [-0.4, -0.2) is 22.8 Å². The maximum atomic E-state index is 12.8. The molecule has 0 aromatic rings. The van der Waals surface area contributed by atoms with E-state index in [9.17, 15) is 9.90 Å². The van der Waals surface area contributed by atoms with Gasteiger partial charge in [-0.1, -0.05) is 0 Å². The van der Waals surface area contributed by atoms with E-state index in [4.69, 9.17) is 4.74 Å². The number of fused-ring (bicyclic) bond motifs is 9. The first-order valence-corrected chi connectivity index (χ1v) is 8.62. The molecule has 0 radical (unpaired) electrons. The molecular formula is C18H28O3. The van der Waals surface area contributed by atoms with Crippen LogP contribution in [0.1, 0.15) is 53.4 Å². The van der Waals surface area contributed by atoms with E-state index in [1.807, 2.05) is 20.8 Å². The average molecular weight is 292 g/mol. The summed E-state index contributed by atoms with van der Waals surface area (Å²) in [6.07, 6.45) is 4.27. The second kappa shape index (κ2) is 4.04. The van der Waals surface area contributed by atoms with Gasteiger partial charge in [0, 0.05) is 0 Å². The summed E-state index contributed by atoms with van der Waals surface area (Å²) < 4.78 is 5.74. The summed E-state index contributed by atoms with van der Waals surface area (Å²) in [5, 5.41) is 10.2. The maximum absolute atomic E-state index is 12.8. The largest absolute Gasteiger partial charge is 0.460 e. The number of hydrogen-bond donors (Lipinski definition) is 1. The molecule has 0 aromatic heterocycles. The average Bonchev–Trinajstić information content (AvgIpc) is 3.02. The van der Waals surface area contributed by atoms with E-state index in [2.05, 4.69) is 6.92 Å². The highest BCUT2D eigenvalue weighted by molar-refractivity contribution is 5.78. The normalized spacial score (nSPS) is 54.0. The Bertz CT molecular complexity index is 479. The van der Waals surface area contributed by atoms with Crippen LogP contribution in [0.3, 0.4) is 0 Å². The predicted molar refractivity (Wildman–Crippen MR) is 79.4 cm³/mol. The molecule has 3 heteroatoms. The third-order valence-corrected chi connectivity index (χ3v) is 7.03. The SMILES string of the molecule is CC(C)(C)OC(=O)[C@]1(C)C[C@@H]2C[C@H]1[C@H]1[C@@H]3C[C@H]([C@@H]21)[C@@H](O)C3. The van der Waals surface area contributed by atoms with E-state index in [1.54, 1.807) is 0 Å². The molecule has 21 heavy (non-hydrogen) atoms. The Hall–Kier alpha value is -0.570. The van der Waals surface area contributed by atoms with Crippen molar-refractivity contribution in [3.8, 4) is 0 Å². The Balaban J connectivity index is 1.59. The van der Waals surface area contributed by atoms with E-state index >= 15 is 0 Å². The zero-order valence-corrected chi connectivity index (χ0v) is 13.6. The fourth-order valence-corrected chi connectivity index (χ4v) is 6.55. The van der Waals surface area contributed by atoms with E-state index in [0.717, 1.165) is 12.8 Å². The summed E-state index contributed by atoms with van der Waals surface area (Å²) in [6, 6.07) is 0. The molecule has 4 aliphatic rings. The molecule has 0 heterocycles. The second-order valence-corrected chi connectivity index (χ2v) is 9.34. The van der Waals surface area contributed by atoms with Gasteiger partial charge in [-0.2, -0.15) is 0 Å². The second-order valence-electron chi connectivity index (χ2n) is 9.34. The number of aliphatic hydroxyl groups excluding tert-OH is 1. The molecule has 3 nitrogen and oxygen atoms in total. The minimum absolute atomic E-state index is 0.0178. The number of carbonyl (C=O) groups is 1. The summed E-state index contributed by atoms with van der Waals surface area (Å²) in [5.41, 5.74) is -0.680. The van der Waals surface area contributed by atoms with Crippen molar-refractivity contribution in [1.29, 1.82) is 0 Å². The maximum Gasteiger partial charge on any atom is 0.312 e. The van der Waals surface area contributed by atoms with Crippen LogP contribution in [-0.2, 0) is 9.53 Å². The quantitative estimate of drug-likeness (QED) is 0.597. The number of rotatable bonds is 1. The van der Waals surface area contributed by atoms with Crippen LogP contribution >= 0.6 is 0 Å². The van der Waals surface area contributed by atoms with Gasteiger partial charge in [0.2, 0.25) is 0 Å². The third-order valence-electron chi connectivity index (χ3n) is 7.03. The van der Waals surface area contributed by atoms with Crippen LogP contribution in [0, 0.1) is 40.9 Å². The zero-order chi connectivity index (χ0) is 15.2. The molecule has 0 spiro atoms. The lowest BCUT2D eigenvalue weighted by atomic mass is 9.61. The van der Waals surface area contributed by atoms with Crippen LogP contribution in [0.4, 0.5) is 0 Å². The molecule has 0 aromatic carbocycles. The van der Waals surface area contributed by atoms with Gasteiger partial charge in [-0.3, -0.25) is 4.79 Å². The molecule has 0 unspecified atom stereocenters. The fourth-order valence-electron chi connectivity index (χ4n) is 6.55. The van der Waals surface area contributed by atoms with Crippen molar-refractivity contribution < 1.29 is 14.6 Å². The van der Waals surface area contributed by atoms with Crippen molar-refractivity contribution in [3.63, 3.8) is 0 Å². The molecule has 4 bridgehead atoms. The van der Waals surface area contributed by atoms with Crippen molar-refractivity contribution in [1.82, 2.24) is 0 Å². The van der Waals surface area contributed by atoms with Gasteiger partial charge in [0.15, 0.2) is 0 Å². The van der Waals surface area contributed by atoms with Gasteiger partial charge in [0.1, 0.15) is 5.60 Å². The smallest absolute Gasteiger partial charge is 0.312 e. The lowest BCUT2D eigenvalue weighted by Gasteiger charge is -2.44. The van der Waals surface area contributed by atoms with Crippen LogP contribution < -0.4 is 0 Å². The van der Waals surface area contributed by atoms with E-state index in [0.29, 0.717) is 35.5 Å². The van der Waals surface area contributed by atoms with E-state index in [-0.39, 0.29) is 17.5 Å². The Morgan fingerprint density at radius 1 is 1.14 bits per heavy atom. The first kappa shape index (κ1) is 14.0. The van der Waals surface area contributed by atoms with Gasteiger partial charge in [0.05, 0.1) is 11.5 Å². The third kappa shape index (κ3) is 1.79. The summed E-state index contributed by atoms with van der Waals surface area (Å²) in [7, 11) is 0. The van der Waals surface area contributed by atoms with Crippen LogP contribution in [0.5, 0.6) is 0 Å². The van der Waals surface area contributed by atoms with Crippen molar-refractivity contribution in [2.75, 3.05) is 0 Å². The van der Waals surface area contributed by atoms with E-state index in [1.165, 1.54) is 12.8 Å². The number of ether oxygens (including phenoxy) is 1. The summed E-state index contributed by atoms with van der Waals surface area (Å²) in [5.74, 6) is 3.70. The molecule has 118 valence electrons. The molecule has 0 saturated heterocycles. The Kier molecular flexibility index (Phi) is 2.70. The van der Waals surface area contributed by atoms with Gasteiger partial charge >= 0.3 is 5.97 Å². The molecule has 4 aliphatic carbocycles.